The van der Waals surface area contributed by atoms with E-state index in [9.17, 15) is 0 Å². The van der Waals surface area contributed by atoms with Crippen molar-refractivity contribution in [1.29, 1.82) is 0 Å². The van der Waals surface area contributed by atoms with E-state index in [1.807, 2.05) is 0 Å². The van der Waals surface area contributed by atoms with E-state index in [1.165, 1.54) is 57.8 Å². The van der Waals surface area contributed by atoms with Gasteiger partial charge in [-0.05, 0) is 79.4 Å². The fraction of sp³-hybridized carbons (Fsp3) is 1.00. The van der Waals surface area contributed by atoms with Crippen LogP contribution in [0.4, 0.5) is 0 Å². The Balaban J connectivity index is 1.72. The van der Waals surface area contributed by atoms with Crippen LogP contribution in [0, 0.1) is 40.9 Å². The molecule has 154 valence electrons. The summed E-state index contributed by atoms with van der Waals surface area (Å²) in [6, 6.07) is 0. The van der Waals surface area contributed by atoms with Crippen LogP contribution in [-0.4, -0.2) is 0 Å². The van der Waals surface area contributed by atoms with Crippen LogP contribution in [0.5, 0.6) is 0 Å². The Morgan fingerprint density at radius 2 is 1.46 bits per heavy atom. The van der Waals surface area contributed by atoms with Crippen LogP contribution in [-0.2, 0) is 0 Å². The molecule has 2 aliphatic rings. The lowest BCUT2D eigenvalue weighted by molar-refractivity contribution is 0.221. The first-order valence-electron chi connectivity index (χ1n) is 12.5. The molecule has 2 saturated carbocycles. The highest BCUT2D eigenvalue weighted by molar-refractivity contribution is 5.04. The van der Waals surface area contributed by atoms with Crippen molar-refractivity contribution in [3.8, 4) is 0 Å². The van der Waals surface area contributed by atoms with E-state index in [0.717, 1.165) is 40.9 Å². The Labute approximate surface area is 166 Å². The maximum atomic E-state index is 2.50. The molecule has 0 saturated heterocycles. The van der Waals surface area contributed by atoms with Gasteiger partial charge in [-0.25, -0.2) is 0 Å². The molecular weight excluding hydrogens is 312 g/mol. The monoisotopic (exact) mass is 362 g/mol. The highest BCUT2D eigenvalue weighted by atomic mass is 14.6. The first-order valence-corrected chi connectivity index (χ1v) is 12.5. The molecule has 26 heavy (non-hydrogen) atoms. The molecule has 0 bridgehead atoms. The van der Waals surface area contributed by atoms with E-state index in [2.05, 4.69) is 41.5 Å². The lowest BCUT2D eigenvalue weighted by Crippen LogP contribution is -2.18. The molecule has 0 aliphatic heterocycles. The summed E-state index contributed by atoms with van der Waals surface area (Å²) < 4.78 is 0. The minimum Gasteiger partial charge on any atom is -0.0651 e. The molecule has 0 nitrogen and oxygen atoms in total. The molecule has 6 atom stereocenters. The molecule has 0 aromatic carbocycles. The second-order valence-electron chi connectivity index (χ2n) is 10.7. The van der Waals surface area contributed by atoms with E-state index >= 15 is 0 Å². The fourth-order valence-corrected chi connectivity index (χ4v) is 6.71. The van der Waals surface area contributed by atoms with Gasteiger partial charge in [-0.3, -0.25) is 0 Å². The number of hydrogen-bond acceptors (Lipinski definition) is 0. The SMILES string of the molecule is CCC(CCC(CC)C(CC)CCCC1CC12CCCC(C)C2)C(C)C. The molecule has 2 aliphatic carbocycles. The third-order valence-electron chi connectivity index (χ3n) is 8.70. The Morgan fingerprint density at radius 3 is 2.04 bits per heavy atom. The van der Waals surface area contributed by atoms with Crippen LogP contribution in [0.1, 0.15) is 125 Å². The minimum absolute atomic E-state index is 0.829. The van der Waals surface area contributed by atoms with Crippen LogP contribution in [0.3, 0.4) is 0 Å². The van der Waals surface area contributed by atoms with Gasteiger partial charge in [0.25, 0.3) is 0 Å². The van der Waals surface area contributed by atoms with Crippen LogP contribution in [0.15, 0.2) is 0 Å². The van der Waals surface area contributed by atoms with E-state index < -0.39 is 0 Å². The summed E-state index contributed by atoms with van der Waals surface area (Å²) in [7, 11) is 0. The van der Waals surface area contributed by atoms with E-state index in [0.29, 0.717) is 0 Å². The Morgan fingerprint density at radius 1 is 0.846 bits per heavy atom. The standard InChI is InChI=1S/C26H50/c1-7-22(20(4)5)15-16-24(9-3)23(8-2)13-10-14-25-19-26(25)17-11-12-21(6)18-26/h20-25H,7-19H2,1-6H3. The molecule has 0 aromatic heterocycles. The third-order valence-corrected chi connectivity index (χ3v) is 8.70. The summed E-state index contributed by atoms with van der Waals surface area (Å²) in [6.45, 7) is 14.6. The minimum atomic E-state index is 0.829. The average Bonchev–Trinajstić information content (AvgIpc) is 3.26. The van der Waals surface area contributed by atoms with Gasteiger partial charge in [0, 0.05) is 0 Å². The lowest BCUT2D eigenvalue weighted by Gasteiger charge is -2.29. The van der Waals surface area contributed by atoms with E-state index in [4.69, 9.17) is 0 Å². The number of hydrogen-bond donors (Lipinski definition) is 0. The lowest BCUT2D eigenvalue weighted by atomic mass is 9.76. The van der Waals surface area contributed by atoms with Crippen molar-refractivity contribution in [3.05, 3.63) is 0 Å². The molecule has 0 aromatic rings. The maximum Gasteiger partial charge on any atom is -0.0264 e. The van der Waals surface area contributed by atoms with Crippen LogP contribution < -0.4 is 0 Å². The molecule has 0 heterocycles. The fourth-order valence-electron chi connectivity index (χ4n) is 6.71. The van der Waals surface area contributed by atoms with Gasteiger partial charge >= 0.3 is 0 Å². The van der Waals surface area contributed by atoms with Gasteiger partial charge in [0.2, 0.25) is 0 Å². The molecule has 0 radical (unpaired) electrons. The second-order valence-corrected chi connectivity index (χ2v) is 10.7. The van der Waals surface area contributed by atoms with Crippen molar-refractivity contribution in [1.82, 2.24) is 0 Å². The van der Waals surface area contributed by atoms with Gasteiger partial charge in [-0.2, -0.15) is 0 Å². The van der Waals surface area contributed by atoms with Crippen molar-refractivity contribution in [3.63, 3.8) is 0 Å². The predicted octanol–water partition coefficient (Wildman–Crippen LogP) is 8.89. The molecule has 2 fully saturated rings. The van der Waals surface area contributed by atoms with Gasteiger partial charge < -0.3 is 0 Å². The Bertz CT molecular complexity index is 383. The Hall–Kier alpha value is 0. The molecule has 0 amide bonds. The first kappa shape index (κ1) is 22.3. The van der Waals surface area contributed by atoms with Crippen LogP contribution >= 0.6 is 0 Å². The molecular formula is C26H50. The highest BCUT2D eigenvalue weighted by Crippen LogP contribution is 2.64. The largest absolute Gasteiger partial charge is 0.0651 e. The summed E-state index contributed by atoms with van der Waals surface area (Å²) >= 11 is 0. The zero-order chi connectivity index (χ0) is 19.2. The highest BCUT2D eigenvalue weighted by Gasteiger charge is 2.53. The molecule has 0 heteroatoms. The summed E-state index contributed by atoms with van der Waals surface area (Å²) in [5.74, 6) is 5.89. The zero-order valence-electron chi connectivity index (χ0n) is 19.2. The van der Waals surface area contributed by atoms with Gasteiger partial charge in [0.1, 0.15) is 0 Å². The summed E-state index contributed by atoms with van der Waals surface area (Å²) in [6.07, 6.45) is 19.4. The van der Waals surface area contributed by atoms with Gasteiger partial charge in [-0.15, -0.1) is 0 Å². The van der Waals surface area contributed by atoms with E-state index in [-0.39, 0.29) is 0 Å². The molecule has 2 rings (SSSR count). The first-order chi connectivity index (χ1) is 12.5. The topological polar surface area (TPSA) is 0 Å². The summed E-state index contributed by atoms with van der Waals surface area (Å²) in [4.78, 5) is 0. The van der Waals surface area contributed by atoms with Gasteiger partial charge in [-0.1, -0.05) is 86.5 Å². The third kappa shape index (κ3) is 6.00. The second kappa shape index (κ2) is 10.5. The summed E-state index contributed by atoms with van der Waals surface area (Å²) in [5.41, 5.74) is 0.829. The van der Waals surface area contributed by atoms with Crippen molar-refractivity contribution < 1.29 is 0 Å². The number of rotatable bonds is 12. The molecule has 6 unspecified atom stereocenters. The predicted molar refractivity (Wildman–Crippen MR) is 117 cm³/mol. The maximum absolute atomic E-state index is 2.50. The van der Waals surface area contributed by atoms with Gasteiger partial charge in [0.05, 0.1) is 0 Å². The van der Waals surface area contributed by atoms with E-state index in [1.54, 1.807) is 25.7 Å². The molecule has 1 spiro atoms. The quantitative estimate of drug-likeness (QED) is 0.325. The Kier molecular flexibility index (Phi) is 9.02. The zero-order valence-corrected chi connectivity index (χ0v) is 19.2. The van der Waals surface area contributed by atoms with Crippen LogP contribution in [0.25, 0.3) is 0 Å². The smallest absolute Gasteiger partial charge is 0.0264 e. The van der Waals surface area contributed by atoms with Crippen LogP contribution in [0.2, 0.25) is 0 Å². The normalized spacial score (nSPS) is 32.0. The van der Waals surface area contributed by atoms with Crippen molar-refractivity contribution in [2.75, 3.05) is 0 Å². The average molecular weight is 363 g/mol. The van der Waals surface area contributed by atoms with Crippen molar-refractivity contribution in [2.45, 2.75) is 125 Å². The van der Waals surface area contributed by atoms with Crippen molar-refractivity contribution >= 4 is 0 Å². The van der Waals surface area contributed by atoms with Gasteiger partial charge in [0.15, 0.2) is 0 Å². The van der Waals surface area contributed by atoms with Crippen molar-refractivity contribution in [2.24, 2.45) is 40.9 Å². The summed E-state index contributed by atoms with van der Waals surface area (Å²) in [5, 5.41) is 0. The molecule has 0 N–H and O–H groups in total.